The fraction of sp³-hybridized carbons (Fsp3) is 1.00. The van der Waals surface area contributed by atoms with Crippen molar-refractivity contribution in [2.45, 2.75) is 6.18 Å². The molecule has 1 saturated heterocycles. The number of phosphoric ester groups is 1. The van der Waals surface area contributed by atoms with E-state index in [2.05, 4.69) is 18.6 Å². The number of alkyl halides is 3. The third-order valence-electron chi connectivity index (χ3n) is 0.949. The summed E-state index contributed by atoms with van der Waals surface area (Å²) in [6.07, 6.45) is -4.54. The molecule has 0 aromatic heterocycles. The molecule has 0 radical (unpaired) electrons. The van der Waals surface area contributed by atoms with Gasteiger partial charge in [0, 0.05) is 0 Å². The molecule has 13 heavy (non-hydrogen) atoms. The zero-order valence-corrected chi connectivity index (χ0v) is 7.14. The van der Waals surface area contributed by atoms with Gasteiger partial charge in [-0.2, -0.15) is 13.2 Å². The Balaban J connectivity index is 2.23. The van der Waals surface area contributed by atoms with Gasteiger partial charge in [-0.05, 0) is 0 Å². The third-order valence-corrected chi connectivity index (χ3v) is 2.23. The van der Waals surface area contributed by atoms with Crippen LogP contribution in [-0.4, -0.2) is 26.0 Å². The zero-order valence-electron chi connectivity index (χ0n) is 6.24. The van der Waals surface area contributed by atoms with E-state index in [1.807, 2.05) is 0 Å². The minimum absolute atomic E-state index is 0.00660. The maximum absolute atomic E-state index is 11.5. The van der Waals surface area contributed by atoms with Crippen LogP contribution in [0.5, 0.6) is 0 Å². The van der Waals surface area contributed by atoms with Gasteiger partial charge in [-0.1, -0.05) is 0 Å². The van der Waals surface area contributed by atoms with Crippen molar-refractivity contribution >= 4 is 7.82 Å². The second-order valence-electron chi connectivity index (χ2n) is 2.07. The standard InChI is InChI=1S/C4H6F3O5P/c5-4(6,7)3-9-12-13(8)10-1-2-11-13/h1-3H2. The van der Waals surface area contributed by atoms with Crippen LogP contribution in [0.15, 0.2) is 0 Å². The van der Waals surface area contributed by atoms with Crippen molar-refractivity contribution in [2.24, 2.45) is 0 Å². The first kappa shape index (κ1) is 10.9. The lowest BCUT2D eigenvalue weighted by atomic mass is 10.7. The van der Waals surface area contributed by atoms with Crippen molar-refractivity contribution in [3.05, 3.63) is 0 Å². The third kappa shape index (κ3) is 4.06. The van der Waals surface area contributed by atoms with Crippen LogP contribution in [0.25, 0.3) is 0 Å². The highest BCUT2D eigenvalue weighted by atomic mass is 31.2. The molecule has 9 heteroatoms. The molecule has 0 aromatic carbocycles. The minimum atomic E-state index is -4.54. The van der Waals surface area contributed by atoms with Crippen LogP contribution in [0.2, 0.25) is 0 Å². The molecular formula is C4H6F3O5P. The van der Waals surface area contributed by atoms with E-state index in [9.17, 15) is 17.7 Å². The summed E-state index contributed by atoms with van der Waals surface area (Å²) in [5, 5.41) is 0. The highest BCUT2D eigenvalue weighted by Gasteiger charge is 2.36. The van der Waals surface area contributed by atoms with E-state index >= 15 is 0 Å². The lowest BCUT2D eigenvalue weighted by Crippen LogP contribution is -2.16. The second kappa shape index (κ2) is 3.93. The molecule has 78 valence electrons. The summed E-state index contributed by atoms with van der Waals surface area (Å²) in [6.45, 7) is -1.65. The highest BCUT2D eigenvalue weighted by molar-refractivity contribution is 7.48. The normalized spacial score (nSPS) is 22.1. The van der Waals surface area contributed by atoms with Gasteiger partial charge in [-0.15, -0.1) is 4.67 Å². The van der Waals surface area contributed by atoms with Crippen molar-refractivity contribution in [1.82, 2.24) is 0 Å². The SMILES string of the molecule is O=P1(OOCC(F)(F)F)OCCO1. The van der Waals surface area contributed by atoms with Gasteiger partial charge < -0.3 is 0 Å². The van der Waals surface area contributed by atoms with Crippen molar-refractivity contribution in [3.63, 3.8) is 0 Å². The Labute approximate surface area is 71.3 Å². The number of halogens is 3. The molecule has 0 N–H and O–H groups in total. The maximum atomic E-state index is 11.5. The van der Waals surface area contributed by atoms with E-state index in [1.165, 1.54) is 0 Å². The Bertz CT molecular complexity index is 206. The molecule has 0 unspecified atom stereocenters. The Morgan fingerprint density at radius 3 is 2.31 bits per heavy atom. The molecule has 0 spiro atoms. The van der Waals surface area contributed by atoms with Gasteiger partial charge in [0.15, 0.2) is 6.61 Å². The summed E-state index contributed by atoms with van der Waals surface area (Å²) < 4.78 is 58.0. The lowest BCUT2D eigenvalue weighted by molar-refractivity contribution is -0.290. The molecule has 1 rings (SSSR count). The molecule has 0 atom stereocenters. The molecule has 1 heterocycles. The van der Waals surface area contributed by atoms with E-state index in [1.54, 1.807) is 0 Å². The van der Waals surface area contributed by atoms with E-state index in [0.29, 0.717) is 0 Å². The summed E-state index contributed by atoms with van der Waals surface area (Å²) in [5.41, 5.74) is 0. The van der Waals surface area contributed by atoms with Gasteiger partial charge in [0.05, 0.1) is 13.2 Å². The van der Waals surface area contributed by atoms with Gasteiger partial charge in [-0.25, -0.2) is 9.45 Å². The molecule has 0 aromatic rings. The smallest absolute Gasteiger partial charge is 0.283 e. The van der Waals surface area contributed by atoms with Crippen LogP contribution in [0.4, 0.5) is 13.2 Å². The van der Waals surface area contributed by atoms with Gasteiger partial charge in [-0.3, -0.25) is 9.05 Å². The van der Waals surface area contributed by atoms with E-state index in [4.69, 9.17) is 0 Å². The molecular weight excluding hydrogens is 216 g/mol. The summed E-state index contributed by atoms with van der Waals surface area (Å²) in [4.78, 5) is 3.65. The van der Waals surface area contributed by atoms with Gasteiger partial charge in [0.1, 0.15) is 0 Å². The predicted octanol–water partition coefficient (Wildman–Crippen LogP) is 1.65. The molecule has 1 fully saturated rings. The van der Waals surface area contributed by atoms with Crippen molar-refractivity contribution < 1.29 is 36.3 Å². The number of hydrogen-bond donors (Lipinski definition) is 0. The molecule has 5 nitrogen and oxygen atoms in total. The van der Waals surface area contributed by atoms with Gasteiger partial charge in [0.25, 0.3) is 0 Å². The fourth-order valence-corrected chi connectivity index (χ4v) is 1.47. The molecule has 0 saturated carbocycles. The van der Waals surface area contributed by atoms with Crippen molar-refractivity contribution in [1.29, 1.82) is 0 Å². The Morgan fingerprint density at radius 2 is 1.85 bits per heavy atom. The minimum Gasteiger partial charge on any atom is -0.283 e. The van der Waals surface area contributed by atoms with E-state index in [0.717, 1.165) is 0 Å². The quantitative estimate of drug-likeness (QED) is 0.412. The monoisotopic (exact) mass is 222 g/mol. The van der Waals surface area contributed by atoms with Crippen LogP contribution in [-0.2, 0) is 23.2 Å². The fourth-order valence-electron chi connectivity index (χ4n) is 0.536. The highest BCUT2D eigenvalue weighted by Crippen LogP contribution is 2.52. The number of hydrogen-bond acceptors (Lipinski definition) is 5. The summed E-state index contributed by atoms with van der Waals surface area (Å²) >= 11 is 0. The van der Waals surface area contributed by atoms with Crippen LogP contribution in [0.3, 0.4) is 0 Å². The van der Waals surface area contributed by atoms with Crippen LogP contribution in [0, 0.1) is 0 Å². The Morgan fingerprint density at radius 1 is 1.31 bits per heavy atom. The first-order chi connectivity index (χ1) is 5.91. The number of phosphoric acid groups is 1. The maximum Gasteiger partial charge on any atom is 0.502 e. The second-order valence-corrected chi connectivity index (χ2v) is 3.63. The Hall–Kier alpha value is -0.140. The Kier molecular flexibility index (Phi) is 3.31. The topological polar surface area (TPSA) is 54.0 Å². The molecule has 0 aliphatic carbocycles. The lowest BCUT2D eigenvalue weighted by Gasteiger charge is -2.09. The first-order valence-electron chi connectivity index (χ1n) is 3.18. The van der Waals surface area contributed by atoms with E-state index in [-0.39, 0.29) is 13.2 Å². The van der Waals surface area contributed by atoms with Crippen LogP contribution in [0.1, 0.15) is 0 Å². The summed E-state index contributed by atoms with van der Waals surface area (Å²) in [6, 6.07) is 0. The summed E-state index contributed by atoms with van der Waals surface area (Å²) in [5.74, 6) is 0. The summed E-state index contributed by atoms with van der Waals surface area (Å²) in [7, 11) is -3.88. The molecule has 1 aliphatic heterocycles. The zero-order chi connectivity index (χ0) is 9.95. The predicted molar refractivity (Wildman–Crippen MR) is 32.6 cm³/mol. The molecule has 0 amide bonds. The van der Waals surface area contributed by atoms with Crippen LogP contribution < -0.4 is 0 Å². The van der Waals surface area contributed by atoms with Gasteiger partial charge >= 0.3 is 14.0 Å². The molecule has 1 aliphatic rings. The molecule has 0 bridgehead atoms. The number of rotatable bonds is 3. The van der Waals surface area contributed by atoms with Crippen molar-refractivity contribution in [2.75, 3.05) is 19.8 Å². The average Bonchev–Trinajstić information content (AvgIpc) is 2.33. The van der Waals surface area contributed by atoms with Crippen molar-refractivity contribution in [3.8, 4) is 0 Å². The van der Waals surface area contributed by atoms with E-state index < -0.39 is 20.6 Å². The average molecular weight is 222 g/mol. The largest absolute Gasteiger partial charge is 0.502 e. The first-order valence-corrected chi connectivity index (χ1v) is 4.64. The van der Waals surface area contributed by atoms with Crippen LogP contribution >= 0.6 is 7.82 Å². The van der Waals surface area contributed by atoms with Gasteiger partial charge in [0.2, 0.25) is 0 Å².